The lowest BCUT2D eigenvalue weighted by atomic mass is 10.0. The van der Waals surface area contributed by atoms with E-state index in [1.165, 1.54) is 5.56 Å². The van der Waals surface area contributed by atoms with Gasteiger partial charge in [-0.25, -0.2) is 0 Å². The Kier molecular flexibility index (Phi) is 5.30. The molecule has 2 fully saturated rings. The molecule has 5 heteroatoms. The van der Waals surface area contributed by atoms with E-state index in [-0.39, 0.29) is 17.9 Å². The minimum absolute atomic E-state index is 0.0465. The van der Waals surface area contributed by atoms with Crippen LogP contribution in [-0.4, -0.2) is 66.3 Å². The molecule has 1 N–H and O–H groups in total. The summed E-state index contributed by atoms with van der Waals surface area (Å²) in [7, 11) is 2.03. The standard InChI is InChI=1S/C18H26N2O3/c1-19(13-14-5-3-2-4-6-14)16-8-7-15(17(16)21)18(22)20-9-11-23-12-10-20/h2-6,15-17,21H,7-13H2,1H3/t15-,16-,17+/m1/s1. The van der Waals surface area contributed by atoms with E-state index in [2.05, 4.69) is 17.0 Å². The molecule has 0 radical (unpaired) electrons. The molecule has 126 valence electrons. The molecule has 0 spiro atoms. The van der Waals surface area contributed by atoms with Crippen LogP contribution in [0, 0.1) is 5.92 Å². The Bertz CT molecular complexity index is 516. The molecule has 3 rings (SSSR count). The maximum Gasteiger partial charge on any atom is 0.228 e. The Labute approximate surface area is 137 Å². The Morgan fingerprint density at radius 2 is 1.96 bits per heavy atom. The molecule has 2 aliphatic rings. The Balaban J connectivity index is 1.59. The molecular weight excluding hydrogens is 292 g/mol. The van der Waals surface area contributed by atoms with E-state index < -0.39 is 6.10 Å². The van der Waals surface area contributed by atoms with Gasteiger partial charge in [-0.2, -0.15) is 0 Å². The van der Waals surface area contributed by atoms with E-state index in [1.54, 1.807) is 0 Å². The number of likely N-dealkylation sites (N-methyl/N-ethyl adjacent to an activating group) is 1. The highest BCUT2D eigenvalue weighted by Crippen LogP contribution is 2.31. The number of carbonyl (C=O) groups excluding carboxylic acids is 1. The predicted octanol–water partition coefficient (Wildman–Crippen LogP) is 1.12. The van der Waals surface area contributed by atoms with Crippen LogP contribution in [0.1, 0.15) is 18.4 Å². The third kappa shape index (κ3) is 3.74. The number of hydrogen-bond acceptors (Lipinski definition) is 4. The zero-order valence-corrected chi connectivity index (χ0v) is 13.7. The van der Waals surface area contributed by atoms with Gasteiger partial charge in [0.15, 0.2) is 0 Å². The highest BCUT2D eigenvalue weighted by Gasteiger charge is 2.42. The van der Waals surface area contributed by atoms with Crippen LogP contribution in [0.15, 0.2) is 30.3 Å². The van der Waals surface area contributed by atoms with Crippen LogP contribution in [0.4, 0.5) is 0 Å². The van der Waals surface area contributed by atoms with Gasteiger partial charge in [0, 0.05) is 25.7 Å². The van der Waals surface area contributed by atoms with Crippen molar-refractivity contribution in [2.75, 3.05) is 33.4 Å². The molecule has 1 aromatic rings. The van der Waals surface area contributed by atoms with E-state index in [0.29, 0.717) is 26.3 Å². The van der Waals surface area contributed by atoms with Gasteiger partial charge < -0.3 is 14.7 Å². The lowest BCUT2D eigenvalue weighted by molar-refractivity contribution is -0.143. The number of ether oxygens (including phenoxy) is 1. The summed E-state index contributed by atoms with van der Waals surface area (Å²) < 4.78 is 5.30. The van der Waals surface area contributed by atoms with Crippen LogP contribution in [0.25, 0.3) is 0 Å². The zero-order valence-electron chi connectivity index (χ0n) is 13.7. The molecule has 1 amide bonds. The minimum Gasteiger partial charge on any atom is -0.391 e. The van der Waals surface area contributed by atoms with Gasteiger partial charge in [0.1, 0.15) is 0 Å². The van der Waals surface area contributed by atoms with Gasteiger partial charge in [-0.3, -0.25) is 9.69 Å². The largest absolute Gasteiger partial charge is 0.391 e. The first kappa shape index (κ1) is 16.4. The highest BCUT2D eigenvalue weighted by molar-refractivity contribution is 5.80. The topological polar surface area (TPSA) is 53.0 Å². The van der Waals surface area contributed by atoms with Crippen molar-refractivity contribution in [1.29, 1.82) is 0 Å². The van der Waals surface area contributed by atoms with Crippen molar-refractivity contribution in [3.8, 4) is 0 Å². The van der Waals surface area contributed by atoms with Crippen LogP contribution < -0.4 is 0 Å². The SMILES string of the molecule is CN(Cc1ccccc1)[C@@H]1CC[C@@H](C(=O)N2CCOCC2)[C@@H]1O. The molecule has 0 aromatic heterocycles. The summed E-state index contributed by atoms with van der Waals surface area (Å²) in [6.07, 6.45) is 1.05. The molecule has 5 nitrogen and oxygen atoms in total. The number of hydrogen-bond donors (Lipinski definition) is 1. The van der Waals surface area contributed by atoms with Crippen LogP contribution in [0.3, 0.4) is 0 Å². The van der Waals surface area contributed by atoms with E-state index >= 15 is 0 Å². The van der Waals surface area contributed by atoms with Gasteiger partial charge in [-0.1, -0.05) is 30.3 Å². The molecule has 1 aliphatic heterocycles. The fraction of sp³-hybridized carbons (Fsp3) is 0.611. The average Bonchev–Trinajstić information content (AvgIpc) is 2.97. The number of benzene rings is 1. The summed E-state index contributed by atoms with van der Waals surface area (Å²) >= 11 is 0. The third-order valence-electron chi connectivity index (χ3n) is 5.06. The molecule has 0 bridgehead atoms. The van der Waals surface area contributed by atoms with Crippen molar-refractivity contribution in [2.24, 2.45) is 5.92 Å². The number of aliphatic hydroxyl groups is 1. The van der Waals surface area contributed by atoms with Gasteiger partial charge in [0.2, 0.25) is 5.91 Å². The molecule has 3 atom stereocenters. The van der Waals surface area contributed by atoms with E-state index in [0.717, 1.165) is 19.4 Å². The summed E-state index contributed by atoms with van der Waals surface area (Å²) in [6, 6.07) is 10.3. The fourth-order valence-electron chi connectivity index (χ4n) is 3.72. The van der Waals surface area contributed by atoms with E-state index in [1.807, 2.05) is 30.1 Å². The monoisotopic (exact) mass is 318 g/mol. The number of carbonyl (C=O) groups is 1. The Hall–Kier alpha value is -1.43. The lowest BCUT2D eigenvalue weighted by Crippen LogP contribution is -2.48. The molecular formula is C18H26N2O3. The normalized spacial score (nSPS) is 28.3. The molecule has 1 heterocycles. The quantitative estimate of drug-likeness (QED) is 0.904. The van der Waals surface area contributed by atoms with Gasteiger partial charge in [-0.05, 0) is 25.5 Å². The predicted molar refractivity (Wildman–Crippen MR) is 87.8 cm³/mol. The second-order valence-electron chi connectivity index (χ2n) is 6.58. The van der Waals surface area contributed by atoms with E-state index in [9.17, 15) is 9.90 Å². The smallest absolute Gasteiger partial charge is 0.228 e. The first-order valence-corrected chi connectivity index (χ1v) is 8.45. The van der Waals surface area contributed by atoms with Crippen molar-refractivity contribution in [3.05, 3.63) is 35.9 Å². The Morgan fingerprint density at radius 3 is 2.65 bits per heavy atom. The summed E-state index contributed by atoms with van der Waals surface area (Å²) in [5, 5.41) is 10.7. The van der Waals surface area contributed by atoms with Crippen molar-refractivity contribution >= 4 is 5.91 Å². The van der Waals surface area contributed by atoms with Crippen LogP contribution >= 0.6 is 0 Å². The second-order valence-corrected chi connectivity index (χ2v) is 6.58. The third-order valence-corrected chi connectivity index (χ3v) is 5.06. The maximum absolute atomic E-state index is 12.6. The number of rotatable bonds is 4. The first-order valence-electron chi connectivity index (χ1n) is 8.45. The number of aliphatic hydroxyl groups excluding tert-OH is 1. The number of morpholine rings is 1. The minimum atomic E-state index is -0.584. The Morgan fingerprint density at radius 1 is 1.26 bits per heavy atom. The van der Waals surface area contributed by atoms with Crippen molar-refractivity contribution in [2.45, 2.75) is 31.5 Å². The highest BCUT2D eigenvalue weighted by atomic mass is 16.5. The first-order chi connectivity index (χ1) is 11.2. The second kappa shape index (κ2) is 7.43. The van der Waals surface area contributed by atoms with E-state index in [4.69, 9.17) is 4.74 Å². The van der Waals surface area contributed by atoms with Gasteiger partial charge >= 0.3 is 0 Å². The average molecular weight is 318 g/mol. The van der Waals surface area contributed by atoms with Crippen LogP contribution in [0.2, 0.25) is 0 Å². The van der Waals surface area contributed by atoms with Crippen LogP contribution in [0.5, 0.6) is 0 Å². The van der Waals surface area contributed by atoms with Crippen molar-refractivity contribution in [3.63, 3.8) is 0 Å². The maximum atomic E-state index is 12.6. The van der Waals surface area contributed by atoms with Crippen LogP contribution in [-0.2, 0) is 16.1 Å². The molecule has 0 unspecified atom stereocenters. The molecule has 1 saturated heterocycles. The number of amides is 1. The fourth-order valence-corrected chi connectivity index (χ4v) is 3.72. The van der Waals surface area contributed by atoms with Crippen molar-refractivity contribution in [1.82, 2.24) is 9.80 Å². The summed E-state index contributed by atoms with van der Waals surface area (Å²) in [4.78, 5) is 16.6. The van der Waals surface area contributed by atoms with Gasteiger partial charge in [-0.15, -0.1) is 0 Å². The molecule has 1 aromatic carbocycles. The summed E-state index contributed by atoms with van der Waals surface area (Å²) in [6.45, 7) is 3.29. The van der Waals surface area contributed by atoms with Crippen molar-refractivity contribution < 1.29 is 14.6 Å². The van der Waals surface area contributed by atoms with Gasteiger partial charge in [0.05, 0.1) is 25.2 Å². The molecule has 1 saturated carbocycles. The zero-order chi connectivity index (χ0) is 16.2. The molecule has 23 heavy (non-hydrogen) atoms. The number of nitrogens with zero attached hydrogens (tertiary/aromatic N) is 2. The summed E-state index contributed by atoms with van der Waals surface area (Å²) in [5.74, 6) is -0.173. The van der Waals surface area contributed by atoms with Gasteiger partial charge in [0.25, 0.3) is 0 Å². The molecule has 1 aliphatic carbocycles. The lowest BCUT2D eigenvalue weighted by Gasteiger charge is -2.32. The summed E-state index contributed by atoms with van der Waals surface area (Å²) in [5.41, 5.74) is 1.23.